The molecule has 3 nitrogen and oxygen atoms in total. The molecule has 0 unspecified atom stereocenters. The molecule has 1 heterocycles. The molecule has 1 rings (SSSR count). The number of carbonyl (C=O) groups is 1. The van der Waals surface area contributed by atoms with Crippen molar-refractivity contribution in [1.82, 2.24) is 9.80 Å². The number of carbonyl (C=O) groups excluding carboxylic acids is 1. The summed E-state index contributed by atoms with van der Waals surface area (Å²) in [6, 6.07) is 0. The van der Waals surface area contributed by atoms with Gasteiger partial charge in [-0.3, -0.25) is 9.69 Å². The number of likely N-dealkylation sites (tertiary alicyclic amines) is 1. The lowest BCUT2D eigenvalue weighted by molar-refractivity contribution is -0.130. The van der Waals surface area contributed by atoms with Crippen LogP contribution in [0.15, 0.2) is 0 Å². The van der Waals surface area contributed by atoms with Gasteiger partial charge < -0.3 is 4.90 Å². The van der Waals surface area contributed by atoms with E-state index in [4.69, 9.17) is 0 Å². The average Bonchev–Trinajstić information content (AvgIpc) is 1.77. The molecule has 0 aromatic rings. The molecule has 10 heavy (non-hydrogen) atoms. The van der Waals surface area contributed by atoms with Crippen LogP contribution >= 0.6 is 0 Å². The highest BCUT2D eigenvalue weighted by molar-refractivity contribution is 5.77. The summed E-state index contributed by atoms with van der Waals surface area (Å²) in [6.45, 7) is 2.80. The molecule has 1 fully saturated rings. The van der Waals surface area contributed by atoms with Gasteiger partial charge >= 0.3 is 0 Å². The van der Waals surface area contributed by atoms with Crippen molar-refractivity contribution >= 4 is 5.91 Å². The van der Waals surface area contributed by atoms with Gasteiger partial charge in [0, 0.05) is 14.1 Å². The Balaban J connectivity index is 2.17. The lowest BCUT2D eigenvalue weighted by Crippen LogP contribution is -2.44. The zero-order valence-electron chi connectivity index (χ0n) is 6.63. The first-order valence-electron chi connectivity index (χ1n) is 3.62. The van der Waals surface area contributed by atoms with Crippen molar-refractivity contribution in [3.8, 4) is 0 Å². The molecule has 0 spiro atoms. The summed E-state index contributed by atoms with van der Waals surface area (Å²) in [6.07, 6.45) is 1.25. The van der Waals surface area contributed by atoms with E-state index >= 15 is 0 Å². The predicted molar refractivity (Wildman–Crippen MR) is 39.8 cm³/mol. The second kappa shape index (κ2) is 3.01. The fraction of sp³-hybridized carbons (Fsp3) is 0.857. The summed E-state index contributed by atoms with van der Waals surface area (Å²) < 4.78 is 0. The fourth-order valence-electron chi connectivity index (χ4n) is 0.873. The number of hydrogen-bond donors (Lipinski definition) is 0. The highest BCUT2D eigenvalue weighted by Gasteiger charge is 2.17. The van der Waals surface area contributed by atoms with Crippen molar-refractivity contribution in [2.75, 3.05) is 33.7 Å². The Hall–Kier alpha value is -0.570. The number of rotatable bonds is 2. The molecule has 0 saturated carbocycles. The third kappa shape index (κ3) is 1.70. The lowest BCUT2D eigenvalue weighted by Gasteiger charge is -2.30. The zero-order chi connectivity index (χ0) is 7.56. The molecule has 0 bridgehead atoms. The van der Waals surface area contributed by atoms with Crippen LogP contribution in [-0.4, -0.2) is 49.4 Å². The number of hydrogen-bond acceptors (Lipinski definition) is 2. The van der Waals surface area contributed by atoms with E-state index < -0.39 is 0 Å². The van der Waals surface area contributed by atoms with Crippen LogP contribution in [0.4, 0.5) is 0 Å². The minimum atomic E-state index is 0.208. The molecule has 1 saturated heterocycles. The molecule has 0 N–H and O–H groups in total. The van der Waals surface area contributed by atoms with Gasteiger partial charge in [-0.25, -0.2) is 0 Å². The van der Waals surface area contributed by atoms with E-state index in [1.165, 1.54) is 6.42 Å². The standard InChI is InChI=1S/C7H14N2O/c1-8(2)7(10)6-9-4-3-5-9/h3-6H2,1-2H3. The quantitative estimate of drug-likeness (QED) is 0.532. The molecule has 0 atom stereocenters. The van der Waals surface area contributed by atoms with Crippen molar-refractivity contribution in [2.45, 2.75) is 6.42 Å². The van der Waals surface area contributed by atoms with Gasteiger partial charge in [0.2, 0.25) is 5.91 Å². The van der Waals surface area contributed by atoms with Crippen molar-refractivity contribution in [1.29, 1.82) is 0 Å². The summed E-state index contributed by atoms with van der Waals surface area (Å²) in [7, 11) is 3.59. The maximum atomic E-state index is 11.0. The lowest BCUT2D eigenvalue weighted by atomic mass is 10.2. The van der Waals surface area contributed by atoms with Gasteiger partial charge in [-0.15, -0.1) is 0 Å². The minimum Gasteiger partial charge on any atom is -0.348 e. The molecule has 1 aliphatic rings. The summed E-state index contributed by atoms with van der Waals surface area (Å²) >= 11 is 0. The molecule has 0 aromatic heterocycles. The van der Waals surface area contributed by atoms with E-state index in [-0.39, 0.29) is 5.91 Å². The van der Waals surface area contributed by atoms with E-state index in [1.807, 2.05) is 0 Å². The normalized spacial score (nSPS) is 18.2. The van der Waals surface area contributed by atoms with Gasteiger partial charge in [0.05, 0.1) is 6.54 Å². The third-order valence-electron chi connectivity index (χ3n) is 1.81. The maximum Gasteiger partial charge on any atom is 0.236 e. The van der Waals surface area contributed by atoms with E-state index in [9.17, 15) is 4.79 Å². The Bertz CT molecular complexity index is 130. The minimum absolute atomic E-state index is 0.208. The van der Waals surface area contributed by atoms with Crippen LogP contribution in [0.2, 0.25) is 0 Å². The van der Waals surface area contributed by atoms with Gasteiger partial charge in [-0.1, -0.05) is 0 Å². The Morgan fingerprint density at radius 3 is 2.40 bits per heavy atom. The molecule has 0 aromatic carbocycles. The molecule has 1 amide bonds. The SMILES string of the molecule is CN(C)C(=O)CN1CCC1. The van der Waals surface area contributed by atoms with E-state index in [0.29, 0.717) is 6.54 Å². The van der Waals surface area contributed by atoms with Crippen LogP contribution < -0.4 is 0 Å². The van der Waals surface area contributed by atoms with Gasteiger partial charge in [0.25, 0.3) is 0 Å². The first-order chi connectivity index (χ1) is 4.70. The zero-order valence-corrected chi connectivity index (χ0v) is 6.63. The van der Waals surface area contributed by atoms with Crippen molar-refractivity contribution in [3.05, 3.63) is 0 Å². The summed E-state index contributed by atoms with van der Waals surface area (Å²) in [4.78, 5) is 14.8. The molecule has 0 radical (unpaired) electrons. The molecule has 1 aliphatic heterocycles. The highest BCUT2D eigenvalue weighted by Crippen LogP contribution is 2.04. The summed E-state index contributed by atoms with van der Waals surface area (Å²) in [5.41, 5.74) is 0. The van der Waals surface area contributed by atoms with Crippen molar-refractivity contribution < 1.29 is 4.79 Å². The molecular weight excluding hydrogens is 128 g/mol. The van der Waals surface area contributed by atoms with Gasteiger partial charge in [0.15, 0.2) is 0 Å². The van der Waals surface area contributed by atoms with Crippen molar-refractivity contribution in [2.24, 2.45) is 0 Å². The number of nitrogens with zero attached hydrogens (tertiary/aromatic N) is 2. The molecular formula is C7H14N2O. The fourth-order valence-corrected chi connectivity index (χ4v) is 0.873. The third-order valence-corrected chi connectivity index (χ3v) is 1.81. The van der Waals surface area contributed by atoms with Crippen molar-refractivity contribution in [3.63, 3.8) is 0 Å². The second-order valence-corrected chi connectivity index (χ2v) is 2.92. The van der Waals surface area contributed by atoms with E-state index in [0.717, 1.165) is 13.1 Å². The van der Waals surface area contributed by atoms with Crippen LogP contribution in [0, 0.1) is 0 Å². The first-order valence-corrected chi connectivity index (χ1v) is 3.62. The van der Waals surface area contributed by atoms with Gasteiger partial charge in [0.1, 0.15) is 0 Å². The molecule has 0 aliphatic carbocycles. The van der Waals surface area contributed by atoms with E-state index in [1.54, 1.807) is 19.0 Å². The smallest absolute Gasteiger partial charge is 0.236 e. The Labute approximate surface area is 61.6 Å². The molecule has 3 heteroatoms. The van der Waals surface area contributed by atoms with Crippen LogP contribution in [0.1, 0.15) is 6.42 Å². The van der Waals surface area contributed by atoms with Crippen LogP contribution in [0.25, 0.3) is 0 Å². The van der Waals surface area contributed by atoms with E-state index in [2.05, 4.69) is 4.90 Å². The average molecular weight is 142 g/mol. The first kappa shape index (κ1) is 7.54. The van der Waals surface area contributed by atoms with Crippen LogP contribution in [-0.2, 0) is 4.79 Å². The van der Waals surface area contributed by atoms with Gasteiger partial charge in [-0.2, -0.15) is 0 Å². The topological polar surface area (TPSA) is 23.6 Å². The number of likely N-dealkylation sites (N-methyl/N-ethyl adjacent to an activating group) is 1. The highest BCUT2D eigenvalue weighted by atomic mass is 16.2. The largest absolute Gasteiger partial charge is 0.348 e. The summed E-state index contributed by atoms with van der Waals surface area (Å²) in [5, 5.41) is 0. The molecule has 58 valence electrons. The monoisotopic (exact) mass is 142 g/mol. The summed E-state index contributed by atoms with van der Waals surface area (Å²) in [5.74, 6) is 0.208. The number of amides is 1. The van der Waals surface area contributed by atoms with Crippen LogP contribution in [0.5, 0.6) is 0 Å². The Kier molecular flexibility index (Phi) is 2.27. The predicted octanol–water partition coefficient (Wildman–Crippen LogP) is -0.220. The van der Waals surface area contributed by atoms with Gasteiger partial charge in [-0.05, 0) is 19.5 Å². The second-order valence-electron chi connectivity index (χ2n) is 2.92. The maximum absolute atomic E-state index is 11.0. The Morgan fingerprint density at radius 2 is 2.10 bits per heavy atom. The Morgan fingerprint density at radius 1 is 1.50 bits per heavy atom. The van der Waals surface area contributed by atoms with Crippen LogP contribution in [0.3, 0.4) is 0 Å².